The Morgan fingerprint density at radius 3 is 2.82 bits per heavy atom. The maximum atomic E-state index is 11.8. The summed E-state index contributed by atoms with van der Waals surface area (Å²) in [6.07, 6.45) is 1.62. The van der Waals surface area contributed by atoms with Gasteiger partial charge in [0.15, 0.2) is 0 Å². The van der Waals surface area contributed by atoms with Gasteiger partial charge in [-0.05, 0) is 25.1 Å². The van der Waals surface area contributed by atoms with Crippen LogP contribution in [0.3, 0.4) is 0 Å². The van der Waals surface area contributed by atoms with E-state index in [1.54, 1.807) is 24.5 Å². The Kier molecular flexibility index (Phi) is 5.14. The molecule has 0 spiro atoms. The quantitative estimate of drug-likeness (QED) is 0.827. The Balaban J connectivity index is 2.70. The van der Waals surface area contributed by atoms with Crippen LogP contribution >= 0.6 is 15.9 Å². The van der Waals surface area contributed by atoms with Crippen LogP contribution in [0.2, 0.25) is 0 Å². The van der Waals surface area contributed by atoms with Gasteiger partial charge in [-0.2, -0.15) is 0 Å². The molecule has 0 bridgehead atoms. The van der Waals surface area contributed by atoms with Crippen molar-refractivity contribution in [3.05, 3.63) is 28.2 Å². The van der Waals surface area contributed by atoms with Crippen LogP contribution in [0.5, 0.6) is 0 Å². The molecule has 1 aromatic carbocycles. The standard InChI is InChI=1S/C11H15BrN2O2S/c1-7(17(2)16)6-14-11(15)9-5-8(12)3-4-10(9)13/h3-5,7H,6,13H2,1-2H3,(H,14,15). The van der Waals surface area contributed by atoms with Crippen LogP contribution in [0.15, 0.2) is 22.7 Å². The van der Waals surface area contributed by atoms with Gasteiger partial charge in [0.25, 0.3) is 5.91 Å². The molecule has 2 atom stereocenters. The van der Waals surface area contributed by atoms with Gasteiger partial charge in [-0.15, -0.1) is 0 Å². The molecular formula is C11H15BrN2O2S. The minimum Gasteiger partial charge on any atom is -0.398 e. The fraction of sp³-hybridized carbons (Fsp3) is 0.364. The van der Waals surface area contributed by atoms with Crippen LogP contribution in [0.4, 0.5) is 5.69 Å². The first-order valence-electron chi connectivity index (χ1n) is 5.07. The molecule has 0 aliphatic heterocycles. The zero-order valence-corrected chi connectivity index (χ0v) is 12.1. The van der Waals surface area contributed by atoms with Crippen LogP contribution in [-0.4, -0.2) is 28.2 Å². The number of carbonyl (C=O) groups is 1. The van der Waals surface area contributed by atoms with Crippen molar-refractivity contribution < 1.29 is 9.00 Å². The monoisotopic (exact) mass is 318 g/mol. The summed E-state index contributed by atoms with van der Waals surface area (Å²) in [5, 5.41) is 2.64. The van der Waals surface area contributed by atoms with E-state index < -0.39 is 10.8 Å². The van der Waals surface area contributed by atoms with Crippen molar-refractivity contribution in [1.29, 1.82) is 0 Å². The summed E-state index contributed by atoms with van der Waals surface area (Å²) in [6.45, 7) is 2.19. The molecule has 1 aromatic rings. The summed E-state index contributed by atoms with van der Waals surface area (Å²) in [5.41, 5.74) is 6.57. The van der Waals surface area contributed by atoms with Gasteiger partial charge in [0.05, 0.1) is 5.56 Å². The van der Waals surface area contributed by atoms with Gasteiger partial charge in [-0.25, -0.2) is 0 Å². The lowest BCUT2D eigenvalue weighted by Crippen LogP contribution is -2.32. The first kappa shape index (κ1) is 14.2. The van der Waals surface area contributed by atoms with E-state index in [0.717, 1.165) is 4.47 Å². The molecule has 0 aromatic heterocycles. The number of nitrogens with two attached hydrogens (primary N) is 1. The summed E-state index contributed by atoms with van der Waals surface area (Å²) < 4.78 is 11.9. The molecule has 4 nitrogen and oxygen atoms in total. The average Bonchev–Trinajstić information content (AvgIpc) is 2.28. The van der Waals surface area contributed by atoms with Gasteiger partial charge in [-0.3, -0.25) is 9.00 Å². The molecule has 1 amide bonds. The van der Waals surface area contributed by atoms with E-state index in [1.165, 1.54) is 0 Å². The third kappa shape index (κ3) is 4.12. The van der Waals surface area contributed by atoms with Crippen molar-refractivity contribution in [3.8, 4) is 0 Å². The largest absolute Gasteiger partial charge is 0.398 e. The number of rotatable bonds is 4. The number of nitrogen functional groups attached to an aromatic ring is 1. The van der Waals surface area contributed by atoms with Crippen LogP contribution in [0.25, 0.3) is 0 Å². The van der Waals surface area contributed by atoms with Crippen LogP contribution in [0, 0.1) is 0 Å². The highest BCUT2D eigenvalue weighted by Crippen LogP contribution is 2.18. The number of hydrogen-bond acceptors (Lipinski definition) is 3. The Morgan fingerprint density at radius 2 is 2.24 bits per heavy atom. The lowest BCUT2D eigenvalue weighted by molar-refractivity contribution is 0.0955. The van der Waals surface area contributed by atoms with E-state index in [4.69, 9.17) is 5.73 Å². The Morgan fingerprint density at radius 1 is 1.59 bits per heavy atom. The second-order valence-corrected chi connectivity index (χ2v) is 6.47. The number of amides is 1. The molecule has 0 saturated heterocycles. The van der Waals surface area contributed by atoms with E-state index >= 15 is 0 Å². The summed E-state index contributed by atoms with van der Waals surface area (Å²) >= 11 is 3.28. The average molecular weight is 319 g/mol. The van der Waals surface area contributed by atoms with Crippen molar-refractivity contribution in [2.75, 3.05) is 18.5 Å². The minimum atomic E-state index is -0.948. The topological polar surface area (TPSA) is 72.2 Å². The molecule has 1 rings (SSSR count). The smallest absolute Gasteiger partial charge is 0.253 e. The zero-order chi connectivity index (χ0) is 13.0. The Hall–Kier alpha value is -0.880. The zero-order valence-electron chi connectivity index (χ0n) is 9.70. The molecule has 0 fully saturated rings. The minimum absolute atomic E-state index is 0.0765. The molecule has 0 saturated carbocycles. The van der Waals surface area contributed by atoms with Crippen LogP contribution < -0.4 is 11.1 Å². The molecule has 0 heterocycles. The van der Waals surface area contributed by atoms with Gasteiger partial charge in [0, 0.05) is 39.0 Å². The maximum Gasteiger partial charge on any atom is 0.253 e. The molecule has 17 heavy (non-hydrogen) atoms. The Labute approximate surface area is 112 Å². The van der Waals surface area contributed by atoms with Gasteiger partial charge >= 0.3 is 0 Å². The highest BCUT2D eigenvalue weighted by atomic mass is 79.9. The van der Waals surface area contributed by atoms with Crippen molar-refractivity contribution in [1.82, 2.24) is 5.32 Å². The van der Waals surface area contributed by atoms with Gasteiger partial charge < -0.3 is 11.1 Å². The number of carbonyl (C=O) groups excluding carboxylic acids is 1. The summed E-state index contributed by atoms with van der Waals surface area (Å²) in [6, 6.07) is 5.11. The first-order valence-corrected chi connectivity index (χ1v) is 7.48. The van der Waals surface area contributed by atoms with E-state index in [0.29, 0.717) is 17.8 Å². The highest BCUT2D eigenvalue weighted by molar-refractivity contribution is 9.10. The third-order valence-corrected chi connectivity index (χ3v) is 4.17. The lowest BCUT2D eigenvalue weighted by atomic mass is 10.1. The predicted molar refractivity (Wildman–Crippen MR) is 74.4 cm³/mol. The number of nitrogens with one attached hydrogen (secondary N) is 1. The number of halogens is 1. The fourth-order valence-corrected chi connectivity index (χ4v) is 1.85. The van der Waals surface area contributed by atoms with Crippen molar-refractivity contribution >= 4 is 38.3 Å². The molecule has 94 valence electrons. The van der Waals surface area contributed by atoms with E-state index in [1.807, 2.05) is 6.92 Å². The first-order chi connectivity index (χ1) is 7.91. The van der Waals surface area contributed by atoms with Crippen molar-refractivity contribution in [2.45, 2.75) is 12.2 Å². The summed E-state index contributed by atoms with van der Waals surface area (Å²) in [5.74, 6) is -0.249. The number of hydrogen-bond donors (Lipinski definition) is 2. The predicted octanol–water partition coefficient (Wildman–Crippen LogP) is 1.53. The maximum absolute atomic E-state index is 11.8. The van der Waals surface area contributed by atoms with Gasteiger partial charge in [-0.1, -0.05) is 15.9 Å². The molecule has 3 N–H and O–H groups in total. The summed E-state index contributed by atoms with van der Waals surface area (Å²) in [7, 11) is -0.948. The highest BCUT2D eigenvalue weighted by Gasteiger charge is 2.12. The lowest BCUT2D eigenvalue weighted by Gasteiger charge is -2.11. The molecule has 0 aliphatic rings. The molecule has 2 unspecified atom stereocenters. The van der Waals surface area contributed by atoms with Crippen molar-refractivity contribution in [3.63, 3.8) is 0 Å². The molecule has 0 aliphatic carbocycles. The number of benzene rings is 1. The van der Waals surface area contributed by atoms with E-state index in [2.05, 4.69) is 21.2 Å². The fourth-order valence-electron chi connectivity index (χ4n) is 1.17. The summed E-state index contributed by atoms with van der Waals surface area (Å²) in [4.78, 5) is 11.8. The normalized spacial score (nSPS) is 14.1. The van der Waals surface area contributed by atoms with E-state index in [-0.39, 0.29) is 11.2 Å². The van der Waals surface area contributed by atoms with Crippen LogP contribution in [0.1, 0.15) is 17.3 Å². The van der Waals surface area contributed by atoms with Gasteiger partial charge in [0.2, 0.25) is 0 Å². The molecular weight excluding hydrogens is 304 g/mol. The van der Waals surface area contributed by atoms with E-state index in [9.17, 15) is 9.00 Å². The SMILES string of the molecule is CC(CNC(=O)c1cc(Br)ccc1N)S(C)=O. The van der Waals surface area contributed by atoms with Crippen molar-refractivity contribution in [2.24, 2.45) is 0 Å². The molecule has 6 heteroatoms. The second-order valence-electron chi connectivity index (χ2n) is 3.75. The third-order valence-electron chi connectivity index (χ3n) is 2.38. The van der Waals surface area contributed by atoms with Crippen LogP contribution in [-0.2, 0) is 10.8 Å². The molecule has 0 radical (unpaired) electrons. The number of anilines is 1. The van der Waals surface area contributed by atoms with Gasteiger partial charge in [0.1, 0.15) is 0 Å². The Bertz CT molecular complexity index is 451. The second kappa shape index (κ2) is 6.16.